The van der Waals surface area contributed by atoms with Crippen molar-refractivity contribution in [2.45, 2.75) is 19.5 Å². The van der Waals surface area contributed by atoms with E-state index in [1.165, 1.54) is 17.2 Å². The topological polar surface area (TPSA) is 51.5 Å². The lowest BCUT2D eigenvalue weighted by Crippen LogP contribution is -2.31. The molecule has 3 aromatic rings. The Bertz CT molecular complexity index is 1030. The van der Waals surface area contributed by atoms with Crippen LogP contribution in [0, 0.1) is 0 Å². The van der Waals surface area contributed by atoms with Crippen molar-refractivity contribution < 1.29 is 9.53 Å². The first-order valence-corrected chi connectivity index (χ1v) is 9.47. The summed E-state index contributed by atoms with van der Waals surface area (Å²) in [5, 5.41) is 1.37. The van der Waals surface area contributed by atoms with Crippen LogP contribution in [0.4, 0.5) is 0 Å². The minimum Gasteiger partial charge on any atom is -0.468 e. The molecular formula is C22H23ClN2O3. The molecular weight excluding hydrogens is 376 g/mol. The number of aromatic nitrogens is 1. The predicted octanol–water partition coefficient (Wildman–Crippen LogP) is 3.50. The zero-order chi connectivity index (χ0) is 20.1. The molecule has 5 nitrogen and oxygen atoms in total. The number of carbonyl (C=O) groups excluding carboxylic acids is 1. The summed E-state index contributed by atoms with van der Waals surface area (Å²) >= 11 is 6.10. The van der Waals surface area contributed by atoms with Crippen LogP contribution < -0.4 is 5.56 Å². The van der Waals surface area contributed by atoms with Crippen LogP contribution in [0.5, 0.6) is 0 Å². The molecule has 0 saturated heterocycles. The fraction of sp³-hybridized carbons (Fsp3) is 0.273. The van der Waals surface area contributed by atoms with Crippen molar-refractivity contribution >= 4 is 28.5 Å². The maximum Gasteiger partial charge on any atom is 0.325 e. The van der Waals surface area contributed by atoms with Crippen LogP contribution in [0.3, 0.4) is 0 Å². The molecule has 0 radical (unpaired) electrons. The SMILES string of the molecule is COC(=O)Cn1c(=O)c(CN(C)CCc2ccccc2)cc2ccc(Cl)cc21. The number of hydrogen-bond donors (Lipinski definition) is 0. The highest BCUT2D eigenvalue weighted by molar-refractivity contribution is 6.31. The largest absolute Gasteiger partial charge is 0.468 e. The number of halogens is 1. The Labute approximate surface area is 169 Å². The summed E-state index contributed by atoms with van der Waals surface area (Å²) in [7, 11) is 3.29. The summed E-state index contributed by atoms with van der Waals surface area (Å²) in [5.74, 6) is -0.474. The van der Waals surface area contributed by atoms with E-state index in [0.29, 0.717) is 22.6 Å². The molecule has 1 heterocycles. The van der Waals surface area contributed by atoms with Gasteiger partial charge in [0, 0.05) is 23.7 Å². The predicted molar refractivity (Wildman–Crippen MR) is 112 cm³/mol. The first-order valence-electron chi connectivity index (χ1n) is 9.09. The van der Waals surface area contributed by atoms with E-state index in [1.54, 1.807) is 12.1 Å². The second kappa shape index (κ2) is 9.04. The number of methoxy groups -OCH3 is 1. The van der Waals surface area contributed by atoms with E-state index in [9.17, 15) is 9.59 Å². The second-order valence-electron chi connectivity index (χ2n) is 6.81. The van der Waals surface area contributed by atoms with Gasteiger partial charge in [0.25, 0.3) is 5.56 Å². The molecule has 0 N–H and O–H groups in total. The molecule has 0 spiro atoms. The van der Waals surface area contributed by atoms with Crippen LogP contribution in [0.1, 0.15) is 11.1 Å². The van der Waals surface area contributed by atoms with Crippen molar-refractivity contribution in [3.05, 3.63) is 81.1 Å². The van der Waals surface area contributed by atoms with Crippen LogP contribution >= 0.6 is 11.6 Å². The molecule has 0 aliphatic heterocycles. The third-order valence-electron chi connectivity index (χ3n) is 4.71. The lowest BCUT2D eigenvalue weighted by atomic mass is 10.1. The number of ether oxygens (including phenoxy) is 1. The molecule has 6 heteroatoms. The number of esters is 1. The van der Waals surface area contributed by atoms with E-state index < -0.39 is 5.97 Å². The van der Waals surface area contributed by atoms with Crippen LogP contribution in [0.2, 0.25) is 5.02 Å². The first kappa shape index (κ1) is 20.1. The highest BCUT2D eigenvalue weighted by atomic mass is 35.5. The number of nitrogens with zero attached hydrogens (tertiary/aromatic N) is 2. The Hall–Kier alpha value is -2.63. The first-order chi connectivity index (χ1) is 13.5. The zero-order valence-corrected chi connectivity index (χ0v) is 16.8. The molecule has 0 aliphatic rings. The Morgan fingerprint density at radius 3 is 2.61 bits per heavy atom. The number of hydrogen-bond acceptors (Lipinski definition) is 4. The fourth-order valence-corrected chi connectivity index (χ4v) is 3.37. The van der Waals surface area contributed by atoms with Crippen molar-refractivity contribution in [1.29, 1.82) is 0 Å². The van der Waals surface area contributed by atoms with Gasteiger partial charge in [-0.3, -0.25) is 14.2 Å². The van der Waals surface area contributed by atoms with Gasteiger partial charge in [0.1, 0.15) is 6.54 Å². The van der Waals surface area contributed by atoms with Gasteiger partial charge < -0.3 is 9.64 Å². The van der Waals surface area contributed by atoms with Crippen molar-refractivity contribution in [3.8, 4) is 0 Å². The van der Waals surface area contributed by atoms with Gasteiger partial charge in [0.15, 0.2) is 0 Å². The fourth-order valence-electron chi connectivity index (χ4n) is 3.20. The number of likely N-dealkylation sites (N-methyl/N-ethyl adjacent to an activating group) is 1. The third-order valence-corrected chi connectivity index (χ3v) is 4.95. The van der Waals surface area contributed by atoms with Gasteiger partial charge in [0.2, 0.25) is 0 Å². The number of fused-ring (bicyclic) bond motifs is 1. The molecule has 0 saturated carbocycles. The van der Waals surface area contributed by atoms with Crippen LogP contribution in [-0.4, -0.2) is 36.1 Å². The molecule has 2 aromatic carbocycles. The molecule has 0 atom stereocenters. The van der Waals surface area contributed by atoms with E-state index in [1.807, 2.05) is 37.4 Å². The normalized spacial score (nSPS) is 11.1. The van der Waals surface area contributed by atoms with Gasteiger partial charge in [-0.15, -0.1) is 0 Å². The van der Waals surface area contributed by atoms with Gasteiger partial charge in [0.05, 0.1) is 12.6 Å². The zero-order valence-electron chi connectivity index (χ0n) is 16.0. The molecule has 0 bridgehead atoms. The van der Waals surface area contributed by atoms with E-state index in [2.05, 4.69) is 17.0 Å². The standard InChI is InChI=1S/C22H23ClN2O3/c1-24(11-10-16-6-4-3-5-7-16)14-18-12-17-8-9-19(23)13-20(17)25(22(18)27)15-21(26)28-2/h3-9,12-13H,10-11,14-15H2,1-2H3. The minimum absolute atomic E-state index is 0.145. The summed E-state index contributed by atoms with van der Waals surface area (Å²) in [6.45, 7) is 1.16. The van der Waals surface area contributed by atoms with Gasteiger partial charge >= 0.3 is 5.97 Å². The molecule has 0 aliphatic carbocycles. The highest BCUT2D eigenvalue weighted by Crippen LogP contribution is 2.20. The van der Waals surface area contributed by atoms with E-state index in [0.717, 1.165) is 18.4 Å². The molecule has 3 rings (SSSR count). The number of pyridine rings is 1. The lowest BCUT2D eigenvalue weighted by molar-refractivity contribution is -0.141. The molecule has 0 amide bonds. The van der Waals surface area contributed by atoms with Crippen molar-refractivity contribution in [1.82, 2.24) is 9.47 Å². The van der Waals surface area contributed by atoms with Crippen LogP contribution in [0.25, 0.3) is 10.9 Å². The van der Waals surface area contributed by atoms with Crippen LogP contribution in [-0.2, 0) is 29.0 Å². The maximum absolute atomic E-state index is 13.0. The molecule has 0 fully saturated rings. The van der Waals surface area contributed by atoms with Crippen LogP contribution in [0.15, 0.2) is 59.4 Å². The third kappa shape index (κ3) is 4.80. The molecule has 146 valence electrons. The Kier molecular flexibility index (Phi) is 6.49. The van der Waals surface area contributed by atoms with E-state index in [-0.39, 0.29) is 12.1 Å². The highest BCUT2D eigenvalue weighted by Gasteiger charge is 2.14. The number of carbonyl (C=O) groups is 1. The number of rotatable bonds is 7. The summed E-state index contributed by atoms with van der Waals surface area (Å²) in [6.07, 6.45) is 0.900. The van der Waals surface area contributed by atoms with Gasteiger partial charge in [-0.25, -0.2) is 0 Å². The smallest absolute Gasteiger partial charge is 0.325 e. The molecule has 28 heavy (non-hydrogen) atoms. The monoisotopic (exact) mass is 398 g/mol. The Morgan fingerprint density at radius 1 is 1.14 bits per heavy atom. The lowest BCUT2D eigenvalue weighted by Gasteiger charge is -2.18. The minimum atomic E-state index is -0.474. The average Bonchev–Trinajstić information content (AvgIpc) is 2.70. The summed E-state index contributed by atoms with van der Waals surface area (Å²) in [6, 6.07) is 17.4. The van der Waals surface area contributed by atoms with E-state index >= 15 is 0 Å². The van der Waals surface area contributed by atoms with Gasteiger partial charge in [-0.1, -0.05) is 48.0 Å². The van der Waals surface area contributed by atoms with Gasteiger partial charge in [-0.2, -0.15) is 0 Å². The quantitative estimate of drug-likeness (QED) is 0.571. The Balaban J connectivity index is 1.88. The average molecular weight is 399 g/mol. The number of benzene rings is 2. The Morgan fingerprint density at radius 2 is 1.89 bits per heavy atom. The second-order valence-corrected chi connectivity index (χ2v) is 7.25. The van der Waals surface area contributed by atoms with Crippen molar-refractivity contribution in [2.75, 3.05) is 20.7 Å². The summed E-state index contributed by atoms with van der Waals surface area (Å²) < 4.78 is 6.19. The van der Waals surface area contributed by atoms with Crippen molar-refractivity contribution in [2.24, 2.45) is 0 Å². The van der Waals surface area contributed by atoms with Crippen molar-refractivity contribution in [3.63, 3.8) is 0 Å². The summed E-state index contributed by atoms with van der Waals surface area (Å²) in [4.78, 5) is 27.0. The van der Waals surface area contributed by atoms with Gasteiger partial charge in [-0.05, 0) is 42.6 Å². The molecule has 1 aromatic heterocycles. The maximum atomic E-state index is 13.0. The summed E-state index contributed by atoms with van der Waals surface area (Å²) in [5.41, 5.74) is 2.31. The molecule has 0 unspecified atom stereocenters. The van der Waals surface area contributed by atoms with E-state index in [4.69, 9.17) is 16.3 Å².